The van der Waals surface area contributed by atoms with Crippen LogP contribution in [0.3, 0.4) is 0 Å². The van der Waals surface area contributed by atoms with Gasteiger partial charge in [0.15, 0.2) is 0 Å². The smallest absolute Gasteiger partial charge is 0.00820 e. The van der Waals surface area contributed by atoms with Crippen LogP contribution in [0.15, 0.2) is 24.3 Å². The van der Waals surface area contributed by atoms with Crippen LogP contribution >= 0.6 is 0 Å². The van der Waals surface area contributed by atoms with Crippen molar-refractivity contribution >= 4 is 0 Å². The van der Waals surface area contributed by atoms with E-state index in [0.717, 1.165) is 12.3 Å². The molecule has 1 fully saturated rings. The number of aryl methyl sites for hydroxylation is 1. The predicted octanol–water partition coefficient (Wildman–Crippen LogP) is 3.84. The van der Waals surface area contributed by atoms with Gasteiger partial charge in [0.1, 0.15) is 0 Å². The Kier molecular flexibility index (Phi) is 4.61. The van der Waals surface area contributed by atoms with Crippen molar-refractivity contribution in [3.63, 3.8) is 0 Å². The van der Waals surface area contributed by atoms with Gasteiger partial charge in [0, 0.05) is 6.04 Å². The van der Waals surface area contributed by atoms with E-state index in [-0.39, 0.29) is 0 Å². The van der Waals surface area contributed by atoms with Gasteiger partial charge in [-0.2, -0.15) is 0 Å². The molecule has 2 rings (SSSR count). The van der Waals surface area contributed by atoms with Crippen LogP contribution < -0.4 is 5.73 Å². The summed E-state index contributed by atoms with van der Waals surface area (Å²) in [5.74, 6) is 0.891. The Morgan fingerprint density at radius 3 is 2.59 bits per heavy atom. The zero-order chi connectivity index (χ0) is 12.1. The molecule has 0 radical (unpaired) electrons. The van der Waals surface area contributed by atoms with Crippen molar-refractivity contribution in [3.8, 4) is 0 Å². The van der Waals surface area contributed by atoms with Gasteiger partial charge in [-0.05, 0) is 36.8 Å². The van der Waals surface area contributed by atoms with Gasteiger partial charge in [0.25, 0.3) is 0 Å². The lowest BCUT2D eigenvalue weighted by Gasteiger charge is -2.24. The molecule has 1 atom stereocenters. The first kappa shape index (κ1) is 12.6. The van der Waals surface area contributed by atoms with Crippen molar-refractivity contribution in [2.75, 3.05) is 0 Å². The minimum absolute atomic E-state index is 0.346. The summed E-state index contributed by atoms with van der Waals surface area (Å²) in [6.45, 7) is 2.18. The van der Waals surface area contributed by atoms with E-state index >= 15 is 0 Å². The van der Waals surface area contributed by atoms with Gasteiger partial charge >= 0.3 is 0 Å². The monoisotopic (exact) mass is 231 g/mol. The van der Waals surface area contributed by atoms with Crippen molar-refractivity contribution in [2.24, 2.45) is 11.7 Å². The maximum atomic E-state index is 6.31. The highest BCUT2D eigenvalue weighted by molar-refractivity contribution is 5.26. The molecule has 94 valence electrons. The summed E-state index contributed by atoms with van der Waals surface area (Å²) in [6, 6.07) is 8.97. The van der Waals surface area contributed by atoms with Crippen molar-refractivity contribution in [3.05, 3.63) is 35.4 Å². The van der Waals surface area contributed by atoms with E-state index in [2.05, 4.69) is 31.2 Å². The Balaban J connectivity index is 1.84. The number of benzene rings is 1. The number of nitrogens with two attached hydrogens (primary N) is 1. The summed E-state index contributed by atoms with van der Waals surface area (Å²) in [6.07, 6.45) is 9.34. The molecule has 1 aromatic rings. The standard InChI is InChI=1S/C16H25N/c1-13-7-5-6-10-15(13)12-16(17)11-14-8-3-2-4-9-14/h5-7,10,14,16H,2-4,8-9,11-12,17H2,1H3. The van der Waals surface area contributed by atoms with Crippen LogP contribution in [-0.4, -0.2) is 6.04 Å². The highest BCUT2D eigenvalue weighted by atomic mass is 14.6. The molecule has 1 saturated carbocycles. The highest BCUT2D eigenvalue weighted by Crippen LogP contribution is 2.27. The van der Waals surface area contributed by atoms with Gasteiger partial charge in [-0.3, -0.25) is 0 Å². The average Bonchev–Trinajstić information content (AvgIpc) is 2.33. The van der Waals surface area contributed by atoms with E-state index in [9.17, 15) is 0 Å². The van der Waals surface area contributed by atoms with E-state index < -0.39 is 0 Å². The van der Waals surface area contributed by atoms with Crippen molar-refractivity contribution in [1.82, 2.24) is 0 Å². The Morgan fingerprint density at radius 2 is 1.88 bits per heavy atom. The topological polar surface area (TPSA) is 26.0 Å². The molecule has 1 aliphatic rings. The maximum Gasteiger partial charge on any atom is 0.00820 e. The quantitative estimate of drug-likeness (QED) is 0.837. The van der Waals surface area contributed by atoms with Gasteiger partial charge < -0.3 is 5.73 Å². The highest BCUT2D eigenvalue weighted by Gasteiger charge is 2.17. The second-order valence-corrected chi connectivity index (χ2v) is 5.63. The molecule has 0 spiro atoms. The van der Waals surface area contributed by atoms with Crippen molar-refractivity contribution in [2.45, 2.75) is 57.9 Å². The summed E-state index contributed by atoms with van der Waals surface area (Å²) < 4.78 is 0. The lowest BCUT2D eigenvalue weighted by molar-refractivity contribution is 0.316. The Bertz CT molecular complexity index is 339. The lowest BCUT2D eigenvalue weighted by Crippen LogP contribution is -2.27. The third-order valence-electron chi connectivity index (χ3n) is 4.10. The number of rotatable bonds is 4. The molecular weight excluding hydrogens is 206 g/mol. The molecule has 1 aromatic carbocycles. The molecule has 0 amide bonds. The van der Waals surface area contributed by atoms with Gasteiger partial charge in [-0.25, -0.2) is 0 Å². The van der Waals surface area contributed by atoms with Gasteiger partial charge in [0.05, 0.1) is 0 Å². The van der Waals surface area contributed by atoms with Crippen molar-refractivity contribution < 1.29 is 0 Å². The maximum absolute atomic E-state index is 6.31. The van der Waals surface area contributed by atoms with E-state index in [1.54, 1.807) is 0 Å². The van der Waals surface area contributed by atoms with Gasteiger partial charge in [-0.1, -0.05) is 56.4 Å². The number of hydrogen-bond donors (Lipinski definition) is 1. The fraction of sp³-hybridized carbons (Fsp3) is 0.625. The normalized spacial score (nSPS) is 19.2. The van der Waals surface area contributed by atoms with Gasteiger partial charge in [0.2, 0.25) is 0 Å². The summed E-state index contributed by atoms with van der Waals surface area (Å²) in [5, 5.41) is 0. The van der Waals surface area contributed by atoms with E-state index in [1.807, 2.05) is 0 Å². The lowest BCUT2D eigenvalue weighted by atomic mass is 9.83. The fourth-order valence-electron chi connectivity index (χ4n) is 3.06. The Labute approximate surface area is 105 Å². The fourth-order valence-corrected chi connectivity index (χ4v) is 3.06. The molecule has 0 heterocycles. The molecule has 1 nitrogen and oxygen atoms in total. The summed E-state index contributed by atoms with van der Waals surface area (Å²) in [4.78, 5) is 0. The molecule has 2 N–H and O–H groups in total. The Morgan fingerprint density at radius 1 is 1.18 bits per heavy atom. The van der Waals surface area contributed by atoms with Crippen LogP contribution in [0.2, 0.25) is 0 Å². The first-order valence-electron chi connectivity index (χ1n) is 7.06. The van der Waals surface area contributed by atoms with Crippen molar-refractivity contribution in [1.29, 1.82) is 0 Å². The second-order valence-electron chi connectivity index (χ2n) is 5.63. The summed E-state index contributed by atoms with van der Waals surface area (Å²) in [7, 11) is 0. The molecule has 1 unspecified atom stereocenters. The van der Waals surface area contributed by atoms with Gasteiger partial charge in [-0.15, -0.1) is 0 Å². The van der Waals surface area contributed by atoms with Crippen LogP contribution in [0.5, 0.6) is 0 Å². The molecule has 1 heteroatoms. The van der Waals surface area contributed by atoms with E-state index in [0.29, 0.717) is 6.04 Å². The molecular formula is C16H25N. The van der Waals surface area contributed by atoms with Crippen LogP contribution in [0.25, 0.3) is 0 Å². The SMILES string of the molecule is Cc1ccccc1CC(N)CC1CCCCC1. The zero-order valence-electron chi connectivity index (χ0n) is 11.0. The number of hydrogen-bond acceptors (Lipinski definition) is 1. The molecule has 17 heavy (non-hydrogen) atoms. The Hall–Kier alpha value is -0.820. The molecule has 0 bridgehead atoms. The average molecular weight is 231 g/mol. The largest absolute Gasteiger partial charge is 0.327 e. The minimum atomic E-state index is 0.346. The van der Waals surface area contributed by atoms with E-state index in [1.165, 1.54) is 49.7 Å². The second kappa shape index (κ2) is 6.20. The third kappa shape index (κ3) is 3.85. The first-order valence-corrected chi connectivity index (χ1v) is 7.06. The zero-order valence-corrected chi connectivity index (χ0v) is 11.0. The van der Waals surface area contributed by atoms with E-state index in [4.69, 9.17) is 5.73 Å². The molecule has 0 aromatic heterocycles. The summed E-state index contributed by atoms with van der Waals surface area (Å²) >= 11 is 0. The molecule has 1 aliphatic carbocycles. The van der Waals surface area contributed by atoms with Crippen LogP contribution in [0, 0.1) is 12.8 Å². The van der Waals surface area contributed by atoms with Crippen LogP contribution in [0.1, 0.15) is 49.7 Å². The van der Waals surface area contributed by atoms with Crippen LogP contribution in [0.4, 0.5) is 0 Å². The first-order chi connectivity index (χ1) is 8.25. The molecule has 0 aliphatic heterocycles. The van der Waals surface area contributed by atoms with Crippen LogP contribution in [-0.2, 0) is 6.42 Å². The third-order valence-corrected chi connectivity index (χ3v) is 4.10. The minimum Gasteiger partial charge on any atom is -0.327 e. The predicted molar refractivity (Wildman–Crippen MR) is 74.1 cm³/mol. The summed E-state index contributed by atoms with van der Waals surface area (Å²) in [5.41, 5.74) is 9.11. The molecule has 0 saturated heterocycles.